The molecule has 0 saturated heterocycles. The third kappa shape index (κ3) is 3.65. The Morgan fingerprint density at radius 3 is 2.63 bits per heavy atom. The zero-order chi connectivity index (χ0) is 13.9. The van der Waals surface area contributed by atoms with E-state index >= 15 is 0 Å². The molecule has 0 aromatic carbocycles. The molecule has 2 nitrogen and oxygen atoms in total. The maximum Gasteiger partial charge on any atom is 0.115 e. The molecular formula is C15H22N2S2. The van der Waals surface area contributed by atoms with Crippen LogP contribution < -0.4 is 5.32 Å². The van der Waals surface area contributed by atoms with Gasteiger partial charge in [-0.1, -0.05) is 33.8 Å². The Morgan fingerprint density at radius 2 is 2.11 bits per heavy atom. The van der Waals surface area contributed by atoms with Gasteiger partial charge in [-0.15, -0.1) is 22.7 Å². The van der Waals surface area contributed by atoms with Crippen molar-refractivity contribution in [3.8, 4) is 0 Å². The number of rotatable bonds is 5. The highest BCUT2D eigenvalue weighted by Crippen LogP contribution is 2.31. The zero-order valence-electron chi connectivity index (χ0n) is 12.1. The minimum Gasteiger partial charge on any atom is -0.304 e. The number of nitrogens with one attached hydrogen (secondary N) is 1. The van der Waals surface area contributed by atoms with Crippen LogP contribution in [0, 0.1) is 0 Å². The summed E-state index contributed by atoms with van der Waals surface area (Å²) in [5.41, 5.74) is 1.31. The molecule has 0 aliphatic rings. The van der Waals surface area contributed by atoms with Crippen molar-refractivity contribution in [2.75, 3.05) is 6.54 Å². The second-order valence-electron chi connectivity index (χ2n) is 5.72. The Bertz CT molecular complexity index is 494. The summed E-state index contributed by atoms with van der Waals surface area (Å²) < 4.78 is 0. The summed E-state index contributed by atoms with van der Waals surface area (Å²) in [5, 5.41) is 9.12. The van der Waals surface area contributed by atoms with Crippen molar-refractivity contribution in [1.29, 1.82) is 0 Å². The van der Waals surface area contributed by atoms with Gasteiger partial charge >= 0.3 is 0 Å². The molecule has 0 aliphatic carbocycles. The first-order valence-corrected chi connectivity index (χ1v) is 8.51. The van der Waals surface area contributed by atoms with Crippen molar-refractivity contribution in [1.82, 2.24) is 10.3 Å². The lowest BCUT2D eigenvalue weighted by Crippen LogP contribution is -2.22. The molecule has 104 valence electrons. The molecule has 0 saturated carbocycles. The molecule has 0 amide bonds. The van der Waals surface area contributed by atoms with Gasteiger partial charge in [0.05, 0.1) is 11.7 Å². The summed E-state index contributed by atoms with van der Waals surface area (Å²) in [4.78, 5) is 6.20. The second kappa shape index (κ2) is 6.16. The first kappa shape index (κ1) is 14.7. The van der Waals surface area contributed by atoms with Crippen LogP contribution in [0.1, 0.15) is 55.7 Å². The van der Waals surface area contributed by atoms with E-state index in [1.165, 1.54) is 15.6 Å². The van der Waals surface area contributed by atoms with Gasteiger partial charge in [0.15, 0.2) is 0 Å². The van der Waals surface area contributed by atoms with E-state index in [0.717, 1.165) is 13.0 Å². The SMILES string of the molecule is CCCNC(c1cccs1)c1nc(C(C)(C)C)cs1. The van der Waals surface area contributed by atoms with Gasteiger partial charge in [0, 0.05) is 15.7 Å². The molecule has 0 spiro atoms. The Labute approximate surface area is 123 Å². The van der Waals surface area contributed by atoms with Crippen LogP contribution in [0.3, 0.4) is 0 Å². The maximum absolute atomic E-state index is 4.85. The molecule has 2 heterocycles. The summed E-state index contributed by atoms with van der Waals surface area (Å²) >= 11 is 3.56. The third-order valence-electron chi connectivity index (χ3n) is 2.96. The van der Waals surface area contributed by atoms with Gasteiger partial charge in [-0.05, 0) is 24.4 Å². The van der Waals surface area contributed by atoms with Crippen LogP contribution in [-0.4, -0.2) is 11.5 Å². The van der Waals surface area contributed by atoms with Crippen LogP contribution in [-0.2, 0) is 5.41 Å². The lowest BCUT2D eigenvalue weighted by molar-refractivity contribution is 0.559. The molecule has 0 radical (unpaired) electrons. The summed E-state index contributed by atoms with van der Waals surface area (Å²) in [6.45, 7) is 9.86. The highest BCUT2D eigenvalue weighted by Gasteiger charge is 2.22. The molecule has 4 heteroatoms. The predicted molar refractivity (Wildman–Crippen MR) is 85.3 cm³/mol. The van der Waals surface area contributed by atoms with Crippen molar-refractivity contribution in [3.05, 3.63) is 38.5 Å². The number of nitrogens with zero attached hydrogens (tertiary/aromatic N) is 1. The molecule has 2 aromatic rings. The Balaban J connectivity index is 2.26. The average molecular weight is 294 g/mol. The number of thiazole rings is 1. The summed E-state index contributed by atoms with van der Waals surface area (Å²) in [6.07, 6.45) is 1.14. The first-order chi connectivity index (χ1) is 9.02. The molecular weight excluding hydrogens is 272 g/mol. The van der Waals surface area contributed by atoms with E-state index in [2.05, 4.69) is 55.9 Å². The first-order valence-electron chi connectivity index (χ1n) is 6.75. The fourth-order valence-corrected chi connectivity index (χ4v) is 3.83. The molecule has 1 atom stereocenters. The van der Waals surface area contributed by atoms with E-state index in [1.807, 2.05) is 0 Å². The maximum atomic E-state index is 4.85. The minimum atomic E-state index is 0.125. The smallest absolute Gasteiger partial charge is 0.115 e. The molecule has 0 fully saturated rings. The van der Waals surface area contributed by atoms with E-state index in [1.54, 1.807) is 22.7 Å². The van der Waals surface area contributed by atoms with Crippen LogP contribution in [0.4, 0.5) is 0 Å². The fourth-order valence-electron chi connectivity index (χ4n) is 1.82. The van der Waals surface area contributed by atoms with E-state index < -0.39 is 0 Å². The van der Waals surface area contributed by atoms with Gasteiger partial charge in [-0.3, -0.25) is 0 Å². The van der Waals surface area contributed by atoms with Crippen molar-refractivity contribution < 1.29 is 0 Å². The number of hydrogen-bond donors (Lipinski definition) is 1. The van der Waals surface area contributed by atoms with Crippen molar-refractivity contribution >= 4 is 22.7 Å². The molecule has 0 bridgehead atoms. The third-order valence-corrected chi connectivity index (χ3v) is 4.81. The second-order valence-corrected chi connectivity index (χ2v) is 7.59. The van der Waals surface area contributed by atoms with Gasteiger partial charge < -0.3 is 5.32 Å². The topological polar surface area (TPSA) is 24.9 Å². The van der Waals surface area contributed by atoms with Crippen LogP contribution in [0.2, 0.25) is 0 Å². The summed E-state index contributed by atoms with van der Waals surface area (Å²) in [6, 6.07) is 4.55. The van der Waals surface area contributed by atoms with Crippen molar-refractivity contribution in [2.24, 2.45) is 0 Å². The van der Waals surface area contributed by atoms with E-state index in [9.17, 15) is 0 Å². The quantitative estimate of drug-likeness (QED) is 0.872. The molecule has 1 N–H and O–H groups in total. The number of thiophene rings is 1. The number of aromatic nitrogens is 1. The van der Waals surface area contributed by atoms with Gasteiger partial charge in [0.1, 0.15) is 5.01 Å². The normalized spacial score (nSPS) is 13.7. The molecule has 2 aromatic heterocycles. The molecule has 0 aliphatic heterocycles. The molecule has 2 rings (SSSR count). The van der Waals surface area contributed by atoms with Gasteiger partial charge in [-0.25, -0.2) is 4.98 Å². The Kier molecular flexibility index (Phi) is 4.76. The highest BCUT2D eigenvalue weighted by atomic mass is 32.1. The van der Waals surface area contributed by atoms with Gasteiger partial charge in [-0.2, -0.15) is 0 Å². The van der Waals surface area contributed by atoms with Gasteiger partial charge in [0.25, 0.3) is 0 Å². The fraction of sp³-hybridized carbons (Fsp3) is 0.533. The average Bonchev–Trinajstić information content (AvgIpc) is 2.99. The van der Waals surface area contributed by atoms with Crippen LogP contribution in [0.15, 0.2) is 22.9 Å². The molecule has 19 heavy (non-hydrogen) atoms. The van der Waals surface area contributed by atoms with Crippen LogP contribution >= 0.6 is 22.7 Å². The lowest BCUT2D eigenvalue weighted by atomic mass is 9.93. The van der Waals surface area contributed by atoms with Crippen molar-refractivity contribution in [2.45, 2.75) is 45.6 Å². The highest BCUT2D eigenvalue weighted by molar-refractivity contribution is 7.11. The van der Waals surface area contributed by atoms with E-state index in [-0.39, 0.29) is 11.5 Å². The summed E-state index contributed by atoms with van der Waals surface area (Å²) in [5.74, 6) is 0. The number of hydrogen-bond acceptors (Lipinski definition) is 4. The lowest BCUT2D eigenvalue weighted by Gasteiger charge is -2.16. The van der Waals surface area contributed by atoms with E-state index in [0.29, 0.717) is 0 Å². The summed E-state index contributed by atoms with van der Waals surface area (Å²) in [7, 11) is 0. The Hall–Kier alpha value is -0.710. The largest absolute Gasteiger partial charge is 0.304 e. The van der Waals surface area contributed by atoms with Gasteiger partial charge in [0.2, 0.25) is 0 Å². The standard InChI is InChI=1S/C15H22N2S2/c1-5-8-16-13(11-7-6-9-18-11)14-17-12(10-19-14)15(2,3)4/h6-7,9-10,13,16H,5,8H2,1-4H3. The Morgan fingerprint density at radius 1 is 1.32 bits per heavy atom. The van der Waals surface area contributed by atoms with Crippen molar-refractivity contribution in [3.63, 3.8) is 0 Å². The van der Waals surface area contributed by atoms with E-state index in [4.69, 9.17) is 4.98 Å². The van der Waals surface area contributed by atoms with Crippen LogP contribution in [0.25, 0.3) is 0 Å². The molecule has 1 unspecified atom stereocenters. The van der Waals surface area contributed by atoms with Crippen LogP contribution in [0.5, 0.6) is 0 Å². The minimum absolute atomic E-state index is 0.125. The monoisotopic (exact) mass is 294 g/mol. The predicted octanol–water partition coefficient (Wildman–Crippen LogP) is 4.59. The zero-order valence-corrected chi connectivity index (χ0v) is 13.7.